The first-order valence-electron chi connectivity index (χ1n) is 12.9. The number of anilines is 3. The fourth-order valence-corrected chi connectivity index (χ4v) is 5.28. The lowest BCUT2D eigenvalue weighted by Gasteiger charge is -2.17. The number of fused-ring (bicyclic) bond motifs is 1. The topological polar surface area (TPSA) is 133 Å². The Morgan fingerprint density at radius 3 is 2.73 bits per heavy atom. The van der Waals surface area contributed by atoms with E-state index in [9.17, 15) is 14.3 Å². The van der Waals surface area contributed by atoms with Crippen LogP contribution in [0.3, 0.4) is 0 Å². The number of nitrogens with one attached hydrogen (secondary N) is 3. The summed E-state index contributed by atoms with van der Waals surface area (Å²) >= 11 is 1.40. The van der Waals surface area contributed by atoms with Crippen LogP contribution in [-0.4, -0.2) is 72.6 Å². The molecular formula is C28H27FN8O3S. The number of carbonyl (C=O) groups excluding carboxylic acids is 1. The number of H-pyrrole nitrogens is 1. The van der Waals surface area contributed by atoms with E-state index in [-0.39, 0.29) is 18.3 Å². The highest BCUT2D eigenvalue weighted by Gasteiger charge is 2.34. The van der Waals surface area contributed by atoms with E-state index in [2.05, 4.69) is 30.9 Å². The van der Waals surface area contributed by atoms with Gasteiger partial charge in [0.05, 0.1) is 6.54 Å². The van der Waals surface area contributed by atoms with Gasteiger partial charge in [-0.1, -0.05) is 0 Å². The third-order valence-electron chi connectivity index (χ3n) is 6.45. The SMILES string of the molecule is Cc1cc(Nc2nc(Sc3ccc(NC(=O)CN4C[C@@H](O)[C@@H](Oc5ccc(F)cc5)C4)cc3)nn3cccc23)n[nH]1. The maximum atomic E-state index is 13.1. The van der Waals surface area contributed by atoms with Crippen molar-refractivity contribution in [3.05, 3.63) is 84.4 Å². The van der Waals surface area contributed by atoms with Gasteiger partial charge in [-0.05, 0) is 79.3 Å². The van der Waals surface area contributed by atoms with Crippen LogP contribution in [0.25, 0.3) is 5.52 Å². The number of β-amino-alcohol motifs (C(OH)–C–C–N with tert-alkyl or cyclic N) is 1. The molecule has 0 aliphatic carbocycles. The van der Waals surface area contributed by atoms with Gasteiger partial charge in [-0.3, -0.25) is 14.8 Å². The standard InChI is InChI=1S/C28H27FN8O3S/c1-17-13-25(34-33-17)31-27-22-3-2-12-37(22)35-28(32-27)41-21-10-6-19(7-11-21)30-26(39)16-36-14-23(38)24(15-36)40-20-8-4-18(29)5-9-20/h2-13,23-24,38H,14-16H2,1H3,(H,30,39)(H2,31,32,33,34,35)/t23-,24+/m1/s1. The van der Waals surface area contributed by atoms with E-state index in [1.54, 1.807) is 4.52 Å². The minimum absolute atomic E-state index is 0.104. The number of likely N-dealkylation sites (tertiary alicyclic amines) is 1. The minimum Gasteiger partial charge on any atom is -0.486 e. The molecule has 1 fully saturated rings. The molecule has 1 aliphatic rings. The van der Waals surface area contributed by atoms with Crippen molar-refractivity contribution in [2.45, 2.75) is 29.2 Å². The molecule has 1 aliphatic heterocycles. The highest BCUT2D eigenvalue weighted by Crippen LogP contribution is 2.29. The summed E-state index contributed by atoms with van der Waals surface area (Å²) in [6, 6.07) is 18.8. The molecule has 11 nitrogen and oxygen atoms in total. The molecule has 4 heterocycles. The van der Waals surface area contributed by atoms with Crippen molar-refractivity contribution in [1.82, 2.24) is 29.7 Å². The molecule has 13 heteroatoms. The molecule has 6 rings (SSSR count). The maximum Gasteiger partial charge on any atom is 0.238 e. The van der Waals surface area contributed by atoms with E-state index in [0.717, 1.165) is 16.1 Å². The number of aliphatic hydroxyl groups excluding tert-OH is 1. The Morgan fingerprint density at radius 1 is 1.17 bits per heavy atom. The summed E-state index contributed by atoms with van der Waals surface area (Å²) < 4.78 is 20.7. The Labute approximate surface area is 238 Å². The first-order chi connectivity index (χ1) is 19.9. The zero-order valence-electron chi connectivity index (χ0n) is 22.0. The molecule has 5 aromatic rings. The van der Waals surface area contributed by atoms with Crippen LogP contribution in [0.1, 0.15) is 5.69 Å². The smallest absolute Gasteiger partial charge is 0.238 e. The van der Waals surface area contributed by atoms with Gasteiger partial charge < -0.3 is 20.5 Å². The number of aliphatic hydroxyl groups is 1. The third kappa shape index (κ3) is 6.48. The summed E-state index contributed by atoms with van der Waals surface area (Å²) in [5.41, 5.74) is 2.41. The number of amides is 1. The van der Waals surface area contributed by atoms with Gasteiger partial charge in [0.25, 0.3) is 0 Å². The molecule has 2 atom stereocenters. The van der Waals surface area contributed by atoms with Crippen molar-refractivity contribution in [3.63, 3.8) is 0 Å². The summed E-state index contributed by atoms with van der Waals surface area (Å²) in [5.74, 6) is 1.22. The van der Waals surface area contributed by atoms with Gasteiger partial charge in [-0.15, -0.1) is 5.10 Å². The Bertz CT molecular complexity index is 1660. The van der Waals surface area contributed by atoms with Gasteiger partial charge in [0, 0.05) is 41.6 Å². The Balaban J connectivity index is 1.04. The van der Waals surface area contributed by atoms with E-state index < -0.39 is 12.2 Å². The lowest BCUT2D eigenvalue weighted by Crippen LogP contribution is -2.33. The molecule has 0 saturated carbocycles. The van der Waals surface area contributed by atoms with Crippen molar-refractivity contribution in [2.24, 2.45) is 0 Å². The van der Waals surface area contributed by atoms with Crippen molar-refractivity contribution in [2.75, 3.05) is 30.3 Å². The largest absolute Gasteiger partial charge is 0.486 e. The maximum absolute atomic E-state index is 13.1. The average molecular weight is 575 g/mol. The number of aryl methyl sites for hydroxylation is 1. The number of halogens is 1. The van der Waals surface area contributed by atoms with E-state index >= 15 is 0 Å². The van der Waals surface area contributed by atoms with Gasteiger partial charge in [0.15, 0.2) is 11.6 Å². The zero-order chi connectivity index (χ0) is 28.3. The number of hydrogen-bond donors (Lipinski definition) is 4. The summed E-state index contributed by atoms with van der Waals surface area (Å²) in [6.45, 7) is 2.71. The van der Waals surface area contributed by atoms with E-state index in [4.69, 9.17) is 4.74 Å². The number of aromatic amines is 1. The number of hydrogen-bond acceptors (Lipinski definition) is 9. The second-order valence-corrected chi connectivity index (χ2v) is 10.7. The highest BCUT2D eigenvalue weighted by molar-refractivity contribution is 7.99. The number of benzene rings is 2. The lowest BCUT2D eigenvalue weighted by atomic mass is 10.2. The van der Waals surface area contributed by atoms with Gasteiger partial charge in [0.1, 0.15) is 29.3 Å². The first-order valence-corrected chi connectivity index (χ1v) is 13.7. The molecule has 1 amide bonds. The number of nitrogens with zero attached hydrogens (tertiary/aromatic N) is 5. The van der Waals surface area contributed by atoms with Crippen molar-refractivity contribution in [1.29, 1.82) is 0 Å². The van der Waals surface area contributed by atoms with Gasteiger partial charge >= 0.3 is 0 Å². The van der Waals surface area contributed by atoms with Crippen LogP contribution in [0, 0.1) is 12.7 Å². The Hall–Kier alpha value is -4.46. The predicted octanol–water partition coefficient (Wildman–Crippen LogP) is 3.86. The summed E-state index contributed by atoms with van der Waals surface area (Å²) in [4.78, 5) is 20.1. The molecule has 0 unspecified atom stereocenters. The van der Waals surface area contributed by atoms with E-state index in [1.165, 1.54) is 36.0 Å². The summed E-state index contributed by atoms with van der Waals surface area (Å²) in [5, 5.41) is 28.8. The quantitative estimate of drug-likeness (QED) is 0.207. The second-order valence-electron chi connectivity index (χ2n) is 9.69. The number of carbonyl (C=O) groups is 1. The first kappa shape index (κ1) is 26.7. The number of ether oxygens (including phenoxy) is 1. The van der Waals surface area contributed by atoms with Gasteiger partial charge in [-0.2, -0.15) is 5.10 Å². The van der Waals surface area contributed by atoms with Crippen LogP contribution in [-0.2, 0) is 4.79 Å². The normalized spacial score (nSPS) is 17.1. The summed E-state index contributed by atoms with van der Waals surface area (Å²) in [7, 11) is 0. The highest BCUT2D eigenvalue weighted by atomic mass is 32.2. The molecule has 0 spiro atoms. The van der Waals surface area contributed by atoms with Gasteiger partial charge in [-0.25, -0.2) is 13.9 Å². The number of rotatable bonds is 9. The third-order valence-corrected chi connectivity index (χ3v) is 7.32. The molecule has 4 N–H and O–H groups in total. The van der Waals surface area contributed by atoms with Crippen LogP contribution in [0.5, 0.6) is 5.75 Å². The van der Waals surface area contributed by atoms with Crippen LogP contribution in [0.15, 0.2) is 83.0 Å². The monoisotopic (exact) mass is 574 g/mol. The van der Waals surface area contributed by atoms with Crippen LogP contribution in [0.2, 0.25) is 0 Å². The van der Waals surface area contributed by atoms with Gasteiger partial charge in [0.2, 0.25) is 11.1 Å². The van der Waals surface area contributed by atoms with E-state index in [0.29, 0.717) is 41.3 Å². The summed E-state index contributed by atoms with van der Waals surface area (Å²) in [6.07, 6.45) is 0.602. The molecular weight excluding hydrogens is 547 g/mol. The Kier molecular flexibility index (Phi) is 7.55. The molecule has 2 aromatic carbocycles. The van der Waals surface area contributed by atoms with Crippen molar-refractivity contribution < 1.29 is 19.0 Å². The number of aromatic nitrogens is 5. The van der Waals surface area contributed by atoms with Crippen LogP contribution >= 0.6 is 11.8 Å². The molecule has 0 bridgehead atoms. The van der Waals surface area contributed by atoms with Crippen LogP contribution < -0.4 is 15.4 Å². The second kappa shape index (κ2) is 11.6. The van der Waals surface area contributed by atoms with Crippen molar-refractivity contribution in [3.8, 4) is 5.75 Å². The molecule has 3 aromatic heterocycles. The average Bonchev–Trinajstić information content (AvgIpc) is 3.67. The zero-order valence-corrected chi connectivity index (χ0v) is 22.8. The fourth-order valence-electron chi connectivity index (χ4n) is 4.53. The molecule has 210 valence electrons. The van der Waals surface area contributed by atoms with Crippen LogP contribution in [0.4, 0.5) is 21.7 Å². The molecule has 1 saturated heterocycles. The molecule has 0 radical (unpaired) electrons. The fraction of sp³-hybridized carbons (Fsp3) is 0.214. The van der Waals surface area contributed by atoms with E-state index in [1.807, 2.05) is 60.5 Å². The predicted molar refractivity (Wildman–Crippen MR) is 152 cm³/mol. The Morgan fingerprint density at radius 2 is 1.98 bits per heavy atom. The lowest BCUT2D eigenvalue weighted by molar-refractivity contribution is -0.117. The molecule has 41 heavy (non-hydrogen) atoms. The minimum atomic E-state index is -0.753. The van der Waals surface area contributed by atoms with Crippen molar-refractivity contribution >= 4 is 40.5 Å².